The first-order valence-corrected chi connectivity index (χ1v) is 6.10. The highest BCUT2D eigenvalue weighted by Gasteiger charge is 2.09. The van der Waals surface area contributed by atoms with Crippen molar-refractivity contribution in [1.29, 1.82) is 0 Å². The normalized spacial score (nSPS) is 12.6. The van der Waals surface area contributed by atoms with Gasteiger partial charge in [0.05, 0.1) is 11.1 Å². The maximum atomic E-state index is 9.91. The third kappa shape index (κ3) is 3.12. The molecule has 0 aliphatic rings. The lowest BCUT2D eigenvalue weighted by molar-refractivity contribution is 0.175. The van der Waals surface area contributed by atoms with Gasteiger partial charge in [-0.2, -0.15) is 0 Å². The van der Waals surface area contributed by atoms with Gasteiger partial charge in [0.25, 0.3) is 0 Å². The van der Waals surface area contributed by atoms with E-state index in [1.807, 2.05) is 24.4 Å². The Morgan fingerprint density at radius 3 is 2.69 bits per heavy atom. The van der Waals surface area contributed by atoms with E-state index in [1.54, 1.807) is 23.7 Å². The molecule has 0 bridgehead atoms. The predicted octanol–water partition coefficient (Wildman–Crippen LogP) is 1.99. The van der Waals surface area contributed by atoms with Crippen LogP contribution in [0.3, 0.4) is 0 Å². The Labute approximate surface area is 98.8 Å². The maximum Gasteiger partial charge on any atom is 0.0954 e. The van der Waals surface area contributed by atoms with Crippen LogP contribution >= 0.6 is 11.3 Å². The first kappa shape index (κ1) is 11.2. The third-order valence-electron chi connectivity index (χ3n) is 2.30. The number of aryl methyl sites for hydroxylation is 1. The van der Waals surface area contributed by atoms with Gasteiger partial charge in [-0.05, 0) is 31.0 Å². The van der Waals surface area contributed by atoms with E-state index in [2.05, 4.69) is 9.97 Å². The molecule has 0 saturated carbocycles. The molecule has 0 radical (unpaired) electrons. The van der Waals surface area contributed by atoms with Gasteiger partial charge in [-0.25, -0.2) is 4.98 Å². The van der Waals surface area contributed by atoms with E-state index in [-0.39, 0.29) is 6.10 Å². The minimum Gasteiger partial charge on any atom is -0.392 e. The Hall–Kier alpha value is -1.26. The van der Waals surface area contributed by atoms with Gasteiger partial charge < -0.3 is 5.11 Å². The molecule has 0 aromatic carbocycles. The topological polar surface area (TPSA) is 46.0 Å². The molecule has 1 unspecified atom stereocenters. The van der Waals surface area contributed by atoms with E-state index in [1.165, 1.54) is 0 Å². The van der Waals surface area contributed by atoms with Crippen molar-refractivity contribution in [3.8, 4) is 0 Å². The van der Waals surface area contributed by atoms with Crippen molar-refractivity contribution in [1.82, 2.24) is 9.97 Å². The number of aliphatic hydroxyl groups is 1. The van der Waals surface area contributed by atoms with Crippen LogP contribution in [0.15, 0.2) is 29.9 Å². The molecule has 0 amide bonds. The lowest BCUT2D eigenvalue weighted by Gasteiger charge is -2.08. The molecule has 1 N–H and O–H groups in total. The van der Waals surface area contributed by atoms with Crippen molar-refractivity contribution in [3.63, 3.8) is 0 Å². The molecule has 0 spiro atoms. The molecule has 4 heteroatoms. The van der Waals surface area contributed by atoms with E-state index >= 15 is 0 Å². The molecule has 0 saturated heterocycles. The van der Waals surface area contributed by atoms with E-state index in [0.717, 1.165) is 16.3 Å². The summed E-state index contributed by atoms with van der Waals surface area (Å²) in [5.74, 6) is 0. The zero-order chi connectivity index (χ0) is 11.4. The van der Waals surface area contributed by atoms with Crippen molar-refractivity contribution >= 4 is 11.3 Å². The number of hydrogen-bond acceptors (Lipinski definition) is 4. The molecule has 0 aliphatic heterocycles. The zero-order valence-electron chi connectivity index (χ0n) is 9.13. The van der Waals surface area contributed by atoms with Crippen molar-refractivity contribution in [3.05, 3.63) is 46.2 Å². The molecule has 2 rings (SSSR count). The van der Waals surface area contributed by atoms with E-state index in [9.17, 15) is 5.11 Å². The molecule has 1 atom stereocenters. The van der Waals surface area contributed by atoms with Crippen LogP contribution in [-0.2, 0) is 12.8 Å². The molecule has 2 heterocycles. The molecular formula is C12H14N2OS. The minimum absolute atomic E-state index is 0.368. The highest BCUT2D eigenvalue weighted by Crippen LogP contribution is 2.13. The second-order valence-electron chi connectivity index (χ2n) is 3.80. The van der Waals surface area contributed by atoms with Gasteiger partial charge in [-0.15, -0.1) is 11.3 Å². The average Bonchev–Trinajstić information content (AvgIpc) is 2.65. The molecule has 2 aromatic heterocycles. The van der Waals surface area contributed by atoms with Gasteiger partial charge in [-0.1, -0.05) is 0 Å². The van der Waals surface area contributed by atoms with Gasteiger partial charge in [0.1, 0.15) is 0 Å². The summed E-state index contributed by atoms with van der Waals surface area (Å²) in [6, 6.07) is 3.85. The Bertz CT molecular complexity index is 441. The van der Waals surface area contributed by atoms with Crippen LogP contribution in [0.4, 0.5) is 0 Å². The van der Waals surface area contributed by atoms with Crippen LogP contribution in [0.2, 0.25) is 0 Å². The Kier molecular flexibility index (Phi) is 3.64. The summed E-state index contributed by atoms with van der Waals surface area (Å²) >= 11 is 1.60. The van der Waals surface area contributed by atoms with Crippen LogP contribution in [0.5, 0.6) is 0 Å². The van der Waals surface area contributed by atoms with Crippen LogP contribution in [-0.4, -0.2) is 21.2 Å². The molecule has 84 valence electrons. The lowest BCUT2D eigenvalue weighted by atomic mass is 10.1. The summed E-state index contributed by atoms with van der Waals surface area (Å²) in [6.45, 7) is 1.97. The number of rotatable bonds is 4. The molecule has 16 heavy (non-hydrogen) atoms. The SMILES string of the molecule is Cc1csc(CC(O)Cc2ccncc2)n1. The standard InChI is InChI=1S/C12H14N2OS/c1-9-8-16-12(14-9)7-11(15)6-10-2-4-13-5-3-10/h2-5,8,11,15H,6-7H2,1H3. The third-order valence-corrected chi connectivity index (χ3v) is 3.29. The summed E-state index contributed by atoms with van der Waals surface area (Å²) in [4.78, 5) is 8.29. The van der Waals surface area contributed by atoms with Crippen molar-refractivity contribution in [2.75, 3.05) is 0 Å². The summed E-state index contributed by atoms with van der Waals surface area (Å²) < 4.78 is 0. The monoisotopic (exact) mass is 234 g/mol. The number of thiazole rings is 1. The molecule has 0 aliphatic carbocycles. The van der Waals surface area contributed by atoms with E-state index < -0.39 is 0 Å². The lowest BCUT2D eigenvalue weighted by Crippen LogP contribution is -2.13. The average molecular weight is 234 g/mol. The maximum absolute atomic E-state index is 9.91. The summed E-state index contributed by atoms with van der Waals surface area (Å²) in [7, 11) is 0. The van der Waals surface area contributed by atoms with E-state index in [0.29, 0.717) is 12.8 Å². The number of aromatic nitrogens is 2. The molecular weight excluding hydrogens is 220 g/mol. The van der Waals surface area contributed by atoms with E-state index in [4.69, 9.17) is 0 Å². The molecule has 3 nitrogen and oxygen atoms in total. The fraction of sp³-hybridized carbons (Fsp3) is 0.333. The van der Waals surface area contributed by atoms with Gasteiger partial charge >= 0.3 is 0 Å². The van der Waals surface area contributed by atoms with Gasteiger partial charge in [0.15, 0.2) is 0 Å². The quantitative estimate of drug-likeness (QED) is 0.880. The predicted molar refractivity (Wildman–Crippen MR) is 64.5 cm³/mol. The first-order valence-electron chi connectivity index (χ1n) is 5.22. The molecule has 0 fully saturated rings. The highest BCUT2D eigenvalue weighted by molar-refractivity contribution is 7.09. The van der Waals surface area contributed by atoms with Crippen LogP contribution in [0.1, 0.15) is 16.3 Å². The summed E-state index contributed by atoms with van der Waals surface area (Å²) in [6.07, 6.45) is 4.40. The Morgan fingerprint density at radius 1 is 1.31 bits per heavy atom. The number of aliphatic hydroxyl groups excluding tert-OH is 1. The van der Waals surface area contributed by atoms with Crippen molar-refractivity contribution < 1.29 is 5.11 Å². The van der Waals surface area contributed by atoms with Crippen molar-refractivity contribution in [2.45, 2.75) is 25.9 Å². The van der Waals surface area contributed by atoms with Gasteiger partial charge in [0, 0.05) is 29.9 Å². The Morgan fingerprint density at radius 2 is 2.06 bits per heavy atom. The number of pyridine rings is 1. The summed E-state index contributed by atoms with van der Waals surface area (Å²) in [5, 5.41) is 12.9. The van der Waals surface area contributed by atoms with Crippen molar-refractivity contribution in [2.24, 2.45) is 0 Å². The smallest absolute Gasteiger partial charge is 0.0954 e. The Balaban J connectivity index is 1.92. The fourth-order valence-electron chi connectivity index (χ4n) is 1.56. The van der Waals surface area contributed by atoms with Gasteiger partial charge in [-0.3, -0.25) is 4.98 Å². The van der Waals surface area contributed by atoms with Crippen LogP contribution < -0.4 is 0 Å². The highest BCUT2D eigenvalue weighted by atomic mass is 32.1. The number of nitrogens with zero attached hydrogens (tertiary/aromatic N) is 2. The van der Waals surface area contributed by atoms with Crippen LogP contribution in [0.25, 0.3) is 0 Å². The summed E-state index contributed by atoms with van der Waals surface area (Å²) in [5.41, 5.74) is 2.13. The molecule has 2 aromatic rings. The largest absolute Gasteiger partial charge is 0.392 e. The minimum atomic E-state index is -0.368. The van der Waals surface area contributed by atoms with Gasteiger partial charge in [0.2, 0.25) is 0 Å². The van der Waals surface area contributed by atoms with Crippen LogP contribution in [0, 0.1) is 6.92 Å². The fourth-order valence-corrected chi connectivity index (χ4v) is 2.41. The second kappa shape index (κ2) is 5.18. The second-order valence-corrected chi connectivity index (χ2v) is 4.74. The first-order chi connectivity index (χ1) is 7.74. The number of hydrogen-bond donors (Lipinski definition) is 1. The zero-order valence-corrected chi connectivity index (χ0v) is 9.94.